The van der Waals surface area contributed by atoms with Crippen LogP contribution in [0.25, 0.3) is 0 Å². The van der Waals surface area contributed by atoms with Gasteiger partial charge in [0.1, 0.15) is 0 Å². The fourth-order valence-electron chi connectivity index (χ4n) is 1.85. The van der Waals surface area contributed by atoms with Crippen molar-refractivity contribution in [2.75, 3.05) is 29.5 Å². The second kappa shape index (κ2) is 4.85. The highest BCUT2D eigenvalue weighted by molar-refractivity contribution is 7.91. The van der Waals surface area contributed by atoms with Crippen LogP contribution in [0, 0.1) is 6.92 Å². The lowest BCUT2D eigenvalue weighted by atomic mass is 10.4. The molecule has 0 amide bonds. The largest absolute Gasteiger partial charge is 0.476 e. The highest BCUT2D eigenvalue weighted by Crippen LogP contribution is 2.26. The van der Waals surface area contributed by atoms with Gasteiger partial charge in [0.05, 0.1) is 11.5 Å². The van der Waals surface area contributed by atoms with Crippen LogP contribution in [-0.2, 0) is 9.84 Å². The molecule has 1 aromatic rings. The fourth-order valence-corrected chi connectivity index (χ4v) is 4.07. The summed E-state index contributed by atoms with van der Waals surface area (Å²) in [6, 6.07) is 0. The van der Waals surface area contributed by atoms with Crippen molar-refractivity contribution in [2.45, 2.75) is 13.3 Å². The normalized spacial score (nSPS) is 19.5. The zero-order valence-electron chi connectivity index (χ0n) is 9.92. The first-order valence-corrected chi connectivity index (χ1v) is 8.19. The van der Waals surface area contributed by atoms with E-state index in [2.05, 4.69) is 4.98 Å². The minimum atomic E-state index is -2.96. The number of sulfone groups is 1. The standard InChI is InChI=1S/C10H14N2O4S2/c1-7-8(9(13)14)11-10(17-7)12-3-2-5-18(15,16)6-4-12/h2-6H2,1H3,(H,13,14). The van der Waals surface area contributed by atoms with Crippen LogP contribution in [-0.4, -0.2) is 49.1 Å². The fraction of sp³-hybridized carbons (Fsp3) is 0.600. The van der Waals surface area contributed by atoms with Crippen LogP contribution >= 0.6 is 11.3 Å². The molecule has 100 valence electrons. The molecule has 0 unspecified atom stereocenters. The SMILES string of the molecule is Cc1sc(N2CCCS(=O)(=O)CC2)nc1C(=O)O. The number of hydrogen-bond donors (Lipinski definition) is 1. The number of aryl methyl sites for hydroxylation is 1. The molecule has 0 saturated carbocycles. The zero-order valence-corrected chi connectivity index (χ0v) is 11.6. The van der Waals surface area contributed by atoms with E-state index in [1.165, 1.54) is 11.3 Å². The topological polar surface area (TPSA) is 87.6 Å². The Hall–Kier alpha value is -1.15. The highest BCUT2D eigenvalue weighted by atomic mass is 32.2. The summed E-state index contributed by atoms with van der Waals surface area (Å²) in [5.74, 6) is -0.745. The Balaban J connectivity index is 2.22. The number of aromatic carboxylic acids is 1. The number of carboxylic acid groups (broad SMARTS) is 1. The molecular weight excluding hydrogens is 276 g/mol. The second-order valence-corrected chi connectivity index (χ2v) is 7.68. The summed E-state index contributed by atoms with van der Waals surface area (Å²) in [6.45, 7) is 2.69. The summed E-state index contributed by atoms with van der Waals surface area (Å²) in [6.07, 6.45) is 0.559. The molecule has 0 radical (unpaired) electrons. The van der Waals surface area contributed by atoms with E-state index < -0.39 is 15.8 Å². The van der Waals surface area contributed by atoms with Crippen molar-refractivity contribution < 1.29 is 18.3 Å². The van der Waals surface area contributed by atoms with Crippen LogP contribution in [0.15, 0.2) is 0 Å². The number of thiazole rings is 1. The first-order chi connectivity index (χ1) is 8.39. The minimum Gasteiger partial charge on any atom is -0.476 e. The van der Waals surface area contributed by atoms with Crippen molar-refractivity contribution in [1.82, 2.24) is 4.98 Å². The van der Waals surface area contributed by atoms with Crippen molar-refractivity contribution >= 4 is 32.3 Å². The Morgan fingerprint density at radius 3 is 2.72 bits per heavy atom. The van der Waals surface area contributed by atoms with E-state index in [1.807, 2.05) is 4.90 Å². The molecule has 2 rings (SSSR count). The summed E-state index contributed by atoms with van der Waals surface area (Å²) >= 11 is 1.30. The number of carboxylic acids is 1. The Labute approximate surface area is 109 Å². The van der Waals surface area contributed by atoms with Crippen LogP contribution in [0.4, 0.5) is 5.13 Å². The van der Waals surface area contributed by atoms with E-state index in [-0.39, 0.29) is 17.2 Å². The number of aromatic nitrogens is 1. The number of rotatable bonds is 2. The van der Waals surface area contributed by atoms with Crippen molar-refractivity contribution in [3.63, 3.8) is 0 Å². The molecule has 1 aliphatic rings. The number of anilines is 1. The van der Waals surface area contributed by atoms with E-state index in [1.54, 1.807) is 6.92 Å². The maximum Gasteiger partial charge on any atom is 0.355 e. The third-order valence-corrected chi connectivity index (χ3v) is 5.56. The van der Waals surface area contributed by atoms with E-state index in [0.29, 0.717) is 29.5 Å². The van der Waals surface area contributed by atoms with Gasteiger partial charge >= 0.3 is 5.97 Å². The van der Waals surface area contributed by atoms with Gasteiger partial charge in [-0.05, 0) is 13.3 Å². The first-order valence-electron chi connectivity index (χ1n) is 5.55. The van der Waals surface area contributed by atoms with E-state index in [9.17, 15) is 13.2 Å². The van der Waals surface area contributed by atoms with Gasteiger partial charge in [-0.25, -0.2) is 18.2 Å². The minimum absolute atomic E-state index is 0.0575. The first kappa shape index (κ1) is 13.3. The molecule has 6 nitrogen and oxygen atoms in total. The Morgan fingerprint density at radius 1 is 1.39 bits per heavy atom. The lowest BCUT2D eigenvalue weighted by molar-refractivity contribution is 0.0690. The summed E-state index contributed by atoms with van der Waals surface area (Å²) in [5, 5.41) is 9.54. The maximum absolute atomic E-state index is 11.5. The molecule has 0 spiro atoms. The third kappa shape index (κ3) is 2.81. The number of carbonyl (C=O) groups is 1. The van der Waals surface area contributed by atoms with Crippen molar-refractivity contribution in [3.8, 4) is 0 Å². The lowest BCUT2D eigenvalue weighted by Crippen LogP contribution is -2.26. The molecule has 0 atom stereocenters. The zero-order chi connectivity index (χ0) is 13.3. The molecule has 1 fully saturated rings. The second-order valence-electron chi connectivity index (χ2n) is 4.20. The quantitative estimate of drug-likeness (QED) is 0.866. The molecule has 0 aromatic carbocycles. The van der Waals surface area contributed by atoms with Gasteiger partial charge in [-0.15, -0.1) is 11.3 Å². The summed E-state index contributed by atoms with van der Waals surface area (Å²) in [4.78, 5) is 17.5. The summed E-state index contributed by atoms with van der Waals surface area (Å²) in [7, 11) is -2.96. The van der Waals surface area contributed by atoms with Gasteiger partial charge in [0.25, 0.3) is 0 Å². The smallest absolute Gasteiger partial charge is 0.355 e. The molecular formula is C10H14N2O4S2. The monoisotopic (exact) mass is 290 g/mol. The summed E-state index contributed by atoms with van der Waals surface area (Å²) in [5.41, 5.74) is 0.0575. The average molecular weight is 290 g/mol. The summed E-state index contributed by atoms with van der Waals surface area (Å²) < 4.78 is 23.0. The molecule has 8 heteroatoms. The Morgan fingerprint density at radius 2 is 2.11 bits per heavy atom. The highest BCUT2D eigenvalue weighted by Gasteiger charge is 2.23. The molecule has 0 aliphatic carbocycles. The third-order valence-electron chi connectivity index (χ3n) is 2.81. The predicted molar refractivity (Wildman–Crippen MR) is 69.3 cm³/mol. The van der Waals surface area contributed by atoms with E-state index in [0.717, 1.165) is 0 Å². The van der Waals surface area contributed by atoms with E-state index in [4.69, 9.17) is 5.11 Å². The van der Waals surface area contributed by atoms with Gasteiger partial charge in [-0.3, -0.25) is 0 Å². The number of hydrogen-bond acceptors (Lipinski definition) is 6. The molecule has 1 aliphatic heterocycles. The molecule has 0 bridgehead atoms. The Kier molecular flexibility index (Phi) is 3.58. The van der Waals surface area contributed by atoms with Crippen LogP contribution in [0.3, 0.4) is 0 Å². The average Bonchev–Trinajstić information content (AvgIpc) is 2.55. The van der Waals surface area contributed by atoms with Crippen molar-refractivity contribution in [1.29, 1.82) is 0 Å². The lowest BCUT2D eigenvalue weighted by Gasteiger charge is -2.17. The molecule has 2 heterocycles. The predicted octanol–water partition coefficient (Wildman–Crippen LogP) is 0.775. The van der Waals surface area contributed by atoms with Crippen molar-refractivity contribution in [3.05, 3.63) is 10.6 Å². The maximum atomic E-state index is 11.5. The van der Waals surface area contributed by atoms with Gasteiger partial charge in [-0.1, -0.05) is 0 Å². The van der Waals surface area contributed by atoms with Gasteiger partial charge in [0.15, 0.2) is 20.7 Å². The van der Waals surface area contributed by atoms with Gasteiger partial charge in [0.2, 0.25) is 0 Å². The van der Waals surface area contributed by atoms with E-state index >= 15 is 0 Å². The van der Waals surface area contributed by atoms with Crippen LogP contribution in [0.2, 0.25) is 0 Å². The van der Waals surface area contributed by atoms with Gasteiger partial charge in [-0.2, -0.15) is 0 Å². The molecule has 1 aromatic heterocycles. The van der Waals surface area contributed by atoms with Crippen LogP contribution in [0.5, 0.6) is 0 Å². The van der Waals surface area contributed by atoms with Gasteiger partial charge in [0, 0.05) is 18.0 Å². The Bertz CT molecular complexity index is 564. The van der Waals surface area contributed by atoms with Crippen LogP contribution in [0.1, 0.15) is 21.8 Å². The van der Waals surface area contributed by atoms with Crippen LogP contribution < -0.4 is 4.90 Å². The van der Waals surface area contributed by atoms with Crippen molar-refractivity contribution in [2.24, 2.45) is 0 Å². The van der Waals surface area contributed by atoms with Gasteiger partial charge < -0.3 is 10.0 Å². The number of nitrogens with zero attached hydrogens (tertiary/aromatic N) is 2. The molecule has 18 heavy (non-hydrogen) atoms. The molecule has 1 N–H and O–H groups in total. The molecule has 1 saturated heterocycles.